The first-order valence-corrected chi connectivity index (χ1v) is 5.97. The summed E-state index contributed by atoms with van der Waals surface area (Å²) in [6, 6.07) is 2.88. The topological polar surface area (TPSA) is 118 Å². The number of nitro groups is 1. The van der Waals surface area contributed by atoms with Gasteiger partial charge in [-0.25, -0.2) is 8.42 Å². The highest BCUT2D eigenvalue weighted by Gasteiger charge is 2.21. The molecule has 0 saturated carbocycles. The van der Waals surface area contributed by atoms with E-state index in [4.69, 9.17) is 10.2 Å². The van der Waals surface area contributed by atoms with Crippen LogP contribution in [0, 0.1) is 10.1 Å². The molecule has 16 heavy (non-hydrogen) atoms. The fourth-order valence-electron chi connectivity index (χ4n) is 1.13. The summed E-state index contributed by atoms with van der Waals surface area (Å²) >= 11 is 0. The maximum atomic E-state index is 11.1. The Morgan fingerprint density at radius 2 is 1.94 bits per heavy atom. The van der Waals surface area contributed by atoms with Crippen LogP contribution in [-0.4, -0.2) is 29.8 Å². The van der Waals surface area contributed by atoms with Crippen molar-refractivity contribution < 1.29 is 23.6 Å². The third-order valence-corrected chi connectivity index (χ3v) is 3.02. The molecule has 0 heterocycles. The molecule has 0 spiro atoms. The lowest BCUT2D eigenvalue weighted by molar-refractivity contribution is -0.387. The van der Waals surface area contributed by atoms with Crippen LogP contribution in [0.25, 0.3) is 0 Å². The Morgan fingerprint density at radius 3 is 2.31 bits per heavy atom. The van der Waals surface area contributed by atoms with Gasteiger partial charge in [-0.05, 0) is 12.1 Å². The van der Waals surface area contributed by atoms with Crippen LogP contribution in [0.4, 0.5) is 5.69 Å². The van der Waals surface area contributed by atoms with Gasteiger partial charge in [0.25, 0.3) is 5.69 Å². The van der Waals surface area contributed by atoms with Crippen molar-refractivity contribution in [3.05, 3.63) is 33.9 Å². The number of nitro benzene ring substituents is 1. The van der Waals surface area contributed by atoms with Crippen LogP contribution in [0.5, 0.6) is 0 Å². The van der Waals surface area contributed by atoms with Gasteiger partial charge >= 0.3 is 0 Å². The molecular weight excluding hydrogens is 238 g/mol. The van der Waals surface area contributed by atoms with Gasteiger partial charge in [-0.1, -0.05) is 0 Å². The van der Waals surface area contributed by atoms with Crippen molar-refractivity contribution in [2.45, 2.75) is 11.2 Å². The van der Waals surface area contributed by atoms with Crippen molar-refractivity contribution in [3.63, 3.8) is 0 Å². The van der Waals surface area contributed by atoms with E-state index in [1.165, 1.54) is 0 Å². The van der Waals surface area contributed by atoms with Crippen molar-refractivity contribution in [2.75, 3.05) is 6.26 Å². The number of aliphatic hydroxyl groups excluding tert-OH is 1. The average molecular weight is 247 g/mol. The molecule has 8 heteroatoms. The van der Waals surface area contributed by atoms with Crippen molar-refractivity contribution in [3.8, 4) is 0 Å². The van der Waals surface area contributed by atoms with E-state index >= 15 is 0 Å². The summed E-state index contributed by atoms with van der Waals surface area (Å²) in [6.07, 6.45) is -1.12. The molecule has 0 aromatic heterocycles. The third kappa shape index (κ3) is 2.54. The molecule has 0 aliphatic carbocycles. The minimum Gasteiger partial charge on any atom is -0.364 e. The van der Waals surface area contributed by atoms with E-state index in [-0.39, 0.29) is 10.5 Å². The Hall–Kier alpha value is -1.51. The maximum absolute atomic E-state index is 11.1. The van der Waals surface area contributed by atoms with Gasteiger partial charge in [0.05, 0.1) is 15.4 Å². The van der Waals surface area contributed by atoms with Gasteiger partial charge in [0.15, 0.2) is 16.1 Å². The predicted octanol–water partition coefficient (Wildman–Crippen LogP) is -0.0185. The Balaban J connectivity index is 3.46. The maximum Gasteiger partial charge on any atom is 0.278 e. The van der Waals surface area contributed by atoms with Crippen LogP contribution in [0.3, 0.4) is 0 Å². The second-order valence-electron chi connectivity index (χ2n) is 3.12. The molecule has 0 aliphatic heterocycles. The fourth-order valence-corrected chi connectivity index (χ4v) is 1.77. The smallest absolute Gasteiger partial charge is 0.278 e. The molecule has 1 aromatic carbocycles. The van der Waals surface area contributed by atoms with Crippen LogP contribution < -0.4 is 0 Å². The molecule has 0 saturated heterocycles. The van der Waals surface area contributed by atoms with E-state index in [9.17, 15) is 18.5 Å². The van der Waals surface area contributed by atoms with Crippen LogP contribution in [0.15, 0.2) is 23.1 Å². The Labute approximate surface area is 91.0 Å². The number of rotatable bonds is 3. The lowest BCUT2D eigenvalue weighted by Crippen LogP contribution is -2.04. The quantitative estimate of drug-likeness (QED) is 0.440. The van der Waals surface area contributed by atoms with Crippen molar-refractivity contribution >= 4 is 15.5 Å². The predicted molar refractivity (Wildman–Crippen MR) is 53.4 cm³/mol. The van der Waals surface area contributed by atoms with Crippen LogP contribution >= 0.6 is 0 Å². The highest BCUT2D eigenvalue weighted by molar-refractivity contribution is 7.90. The zero-order valence-electron chi connectivity index (χ0n) is 8.19. The molecule has 88 valence electrons. The summed E-state index contributed by atoms with van der Waals surface area (Å²) in [6.45, 7) is 0. The van der Waals surface area contributed by atoms with Crippen LogP contribution in [0.2, 0.25) is 0 Å². The van der Waals surface area contributed by atoms with Gasteiger partial charge in [-0.2, -0.15) is 0 Å². The molecule has 0 fully saturated rings. The molecule has 0 amide bonds. The van der Waals surface area contributed by atoms with Gasteiger partial charge < -0.3 is 10.2 Å². The van der Waals surface area contributed by atoms with E-state index in [1.807, 2.05) is 0 Å². The van der Waals surface area contributed by atoms with Gasteiger partial charge in [-0.3, -0.25) is 10.1 Å². The SMILES string of the molecule is CS(=O)(=O)c1ccc(C(O)O)c([N+](=O)[O-])c1. The second kappa shape index (κ2) is 4.16. The zero-order chi connectivity index (χ0) is 12.5. The normalized spacial score (nSPS) is 11.8. The summed E-state index contributed by atoms with van der Waals surface area (Å²) in [5.74, 6) is 0. The monoisotopic (exact) mass is 247 g/mol. The Kier molecular flexibility index (Phi) is 3.27. The molecule has 1 aromatic rings. The van der Waals surface area contributed by atoms with Crippen LogP contribution in [-0.2, 0) is 9.84 Å². The Bertz CT molecular complexity index is 521. The minimum atomic E-state index is -3.57. The number of benzene rings is 1. The van der Waals surface area contributed by atoms with Crippen LogP contribution in [0.1, 0.15) is 11.9 Å². The molecule has 0 aliphatic rings. The minimum absolute atomic E-state index is 0.247. The molecule has 7 nitrogen and oxygen atoms in total. The average Bonchev–Trinajstić information content (AvgIpc) is 2.15. The molecular formula is C8H9NO6S. The number of hydrogen-bond donors (Lipinski definition) is 2. The lowest BCUT2D eigenvalue weighted by atomic mass is 10.2. The molecule has 0 radical (unpaired) electrons. The number of sulfone groups is 1. The van der Waals surface area contributed by atoms with Crippen molar-refractivity contribution in [1.29, 1.82) is 0 Å². The first-order chi connectivity index (χ1) is 7.23. The second-order valence-corrected chi connectivity index (χ2v) is 5.14. The summed E-state index contributed by atoms with van der Waals surface area (Å²) in [5.41, 5.74) is -0.990. The summed E-state index contributed by atoms with van der Waals surface area (Å²) in [4.78, 5) is 9.48. The number of aliphatic hydroxyl groups is 2. The van der Waals surface area contributed by atoms with E-state index in [1.54, 1.807) is 0 Å². The molecule has 0 unspecified atom stereocenters. The van der Waals surface area contributed by atoms with Gasteiger partial charge in [0, 0.05) is 12.3 Å². The van der Waals surface area contributed by atoms with E-state index in [2.05, 4.69) is 0 Å². The summed E-state index contributed by atoms with van der Waals surface area (Å²) in [7, 11) is -3.57. The third-order valence-electron chi connectivity index (χ3n) is 1.90. The first kappa shape index (κ1) is 12.6. The highest BCUT2D eigenvalue weighted by atomic mass is 32.2. The van der Waals surface area contributed by atoms with E-state index in [0.29, 0.717) is 0 Å². The molecule has 2 N–H and O–H groups in total. The zero-order valence-corrected chi connectivity index (χ0v) is 9.01. The highest BCUT2D eigenvalue weighted by Crippen LogP contribution is 2.26. The lowest BCUT2D eigenvalue weighted by Gasteiger charge is -2.06. The van der Waals surface area contributed by atoms with Gasteiger partial charge in [0.2, 0.25) is 0 Å². The van der Waals surface area contributed by atoms with Gasteiger partial charge in [0.1, 0.15) is 0 Å². The summed E-state index contributed by atoms with van der Waals surface area (Å²) < 4.78 is 22.3. The fraction of sp³-hybridized carbons (Fsp3) is 0.250. The number of hydrogen-bond acceptors (Lipinski definition) is 6. The van der Waals surface area contributed by atoms with Crippen molar-refractivity contribution in [1.82, 2.24) is 0 Å². The van der Waals surface area contributed by atoms with E-state index in [0.717, 1.165) is 24.5 Å². The first-order valence-electron chi connectivity index (χ1n) is 4.08. The summed E-state index contributed by atoms with van der Waals surface area (Å²) in [5, 5.41) is 28.3. The Morgan fingerprint density at radius 1 is 1.38 bits per heavy atom. The molecule has 0 bridgehead atoms. The van der Waals surface area contributed by atoms with Crippen molar-refractivity contribution in [2.24, 2.45) is 0 Å². The van der Waals surface area contributed by atoms with E-state index < -0.39 is 26.7 Å². The molecule has 0 atom stereocenters. The number of nitrogens with zero attached hydrogens (tertiary/aromatic N) is 1. The van der Waals surface area contributed by atoms with Gasteiger partial charge in [-0.15, -0.1) is 0 Å². The molecule has 1 rings (SSSR count). The standard InChI is InChI=1S/C8H9NO6S/c1-16(14,15)5-2-3-6(8(10)11)7(4-5)9(12)13/h2-4,8,10-11H,1H3. The largest absolute Gasteiger partial charge is 0.364 e.